The zero-order chi connectivity index (χ0) is 10.5. The Morgan fingerprint density at radius 3 is 2.23 bits per heavy atom. The molecule has 82 valence electrons. The molecule has 0 amide bonds. The first-order chi connectivity index (χ1) is 6.27. The van der Waals surface area contributed by atoms with Gasteiger partial charge in [-0.25, -0.2) is 0 Å². The van der Waals surface area contributed by atoms with Crippen molar-refractivity contribution in [1.29, 1.82) is 0 Å². The SMILES string of the molecule is CCCOCCCCC(C)O.CO. The molecule has 0 rings (SSSR count). The first-order valence-corrected chi connectivity index (χ1v) is 4.98. The summed E-state index contributed by atoms with van der Waals surface area (Å²) in [7, 11) is 1.00. The van der Waals surface area contributed by atoms with Crippen LogP contribution in [0.4, 0.5) is 0 Å². The molecular weight excluding hydrogens is 168 g/mol. The van der Waals surface area contributed by atoms with E-state index in [1.165, 1.54) is 0 Å². The van der Waals surface area contributed by atoms with Gasteiger partial charge in [0, 0.05) is 20.3 Å². The minimum atomic E-state index is -0.152. The molecular formula is C10H24O3. The van der Waals surface area contributed by atoms with Crippen LogP contribution in [-0.4, -0.2) is 36.6 Å². The summed E-state index contributed by atoms with van der Waals surface area (Å²) in [5.74, 6) is 0. The van der Waals surface area contributed by atoms with Gasteiger partial charge in [-0.2, -0.15) is 0 Å². The van der Waals surface area contributed by atoms with Crippen LogP contribution in [0.5, 0.6) is 0 Å². The molecule has 0 aliphatic heterocycles. The van der Waals surface area contributed by atoms with E-state index in [0.29, 0.717) is 0 Å². The van der Waals surface area contributed by atoms with Gasteiger partial charge in [-0.3, -0.25) is 0 Å². The fourth-order valence-electron chi connectivity index (χ4n) is 0.890. The van der Waals surface area contributed by atoms with E-state index in [4.69, 9.17) is 14.9 Å². The highest BCUT2D eigenvalue weighted by molar-refractivity contribution is 4.47. The van der Waals surface area contributed by atoms with E-state index in [1.807, 2.05) is 6.92 Å². The first-order valence-electron chi connectivity index (χ1n) is 4.98. The van der Waals surface area contributed by atoms with Crippen LogP contribution in [0.25, 0.3) is 0 Å². The lowest BCUT2D eigenvalue weighted by molar-refractivity contribution is 0.123. The van der Waals surface area contributed by atoms with Crippen molar-refractivity contribution in [3.63, 3.8) is 0 Å². The van der Waals surface area contributed by atoms with E-state index >= 15 is 0 Å². The number of unbranched alkanes of at least 4 members (excludes halogenated alkanes) is 1. The Labute approximate surface area is 81.7 Å². The van der Waals surface area contributed by atoms with E-state index in [2.05, 4.69) is 6.92 Å². The standard InChI is InChI=1S/C9H20O2.CH4O/c1-3-7-11-8-5-4-6-9(2)10;1-2/h9-10H,3-8H2,1-2H3;2H,1H3. The van der Waals surface area contributed by atoms with Crippen molar-refractivity contribution < 1.29 is 14.9 Å². The summed E-state index contributed by atoms with van der Waals surface area (Å²) in [5.41, 5.74) is 0. The van der Waals surface area contributed by atoms with E-state index in [-0.39, 0.29) is 6.10 Å². The third kappa shape index (κ3) is 18.7. The molecule has 0 aromatic carbocycles. The normalized spacial score (nSPS) is 11.8. The maximum atomic E-state index is 8.91. The van der Waals surface area contributed by atoms with Crippen molar-refractivity contribution in [2.75, 3.05) is 20.3 Å². The molecule has 0 aromatic rings. The van der Waals surface area contributed by atoms with Crippen LogP contribution in [0.3, 0.4) is 0 Å². The molecule has 2 N–H and O–H groups in total. The third-order valence-electron chi connectivity index (χ3n) is 1.51. The molecule has 0 aliphatic rings. The summed E-state index contributed by atoms with van der Waals surface area (Å²) in [4.78, 5) is 0. The third-order valence-corrected chi connectivity index (χ3v) is 1.51. The van der Waals surface area contributed by atoms with E-state index in [9.17, 15) is 0 Å². The van der Waals surface area contributed by atoms with Gasteiger partial charge in [0.15, 0.2) is 0 Å². The summed E-state index contributed by atoms with van der Waals surface area (Å²) in [6.07, 6.45) is 3.99. The minimum absolute atomic E-state index is 0.152. The van der Waals surface area contributed by atoms with E-state index in [0.717, 1.165) is 46.0 Å². The van der Waals surface area contributed by atoms with Gasteiger partial charge < -0.3 is 14.9 Å². The molecule has 0 radical (unpaired) electrons. The zero-order valence-electron chi connectivity index (χ0n) is 9.12. The number of aliphatic hydroxyl groups is 2. The van der Waals surface area contributed by atoms with Gasteiger partial charge >= 0.3 is 0 Å². The number of hydrogen-bond donors (Lipinski definition) is 2. The van der Waals surface area contributed by atoms with E-state index < -0.39 is 0 Å². The summed E-state index contributed by atoms with van der Waals surface area (Å²) >= 11 is 0. The predicted molar refractivity (Wildman–Crippen MR) is 54.8 cm³/mol. The van der Waals surface area contributed by atoms with Gasteiger partial charge in [0.25, 0.3) is 0 Å². The molecule has 3 nitrogen and oxygen atoms in total. The maximum Gasteiger partial charge on any atom is 0.0512 e. The molecule has 0 aliphatic carbocycles. The van der Waals surface area contributed by atoms with Crippen molar-refractivity contribution in [3.8, 4) is 0 Å². The van der Waals surface area contributed by atoms with Crippen LogP contribution in [-0.2, 0) is 4.74 Å². The molecule has 3 heteroatoms. The lowest BCUT2D eigenvalue weighted by Crippen LogP contribution is -2.01. The number of hydrogen-bond acceptors (Lipinski definition) is 3. The second kappa shape index (κ2) is 14.4. The Bertz CT molecular complexity index is 74.6. The van der Waals surface area contributed by atoms with Crippen LogP contribution >= 0.6 is 0 Å². The average Bonchev–Trinajstić information content (AvgIpc) is 2.14. The molecule has 0 aromatic heterocycles. The molecule has 13 heavy (non-hydrogen) atoms. The second-order valence-corrected chi connectivity index (χ2v) is 2.96. The van der Waals surface area contributed by atoms with Gasteiger partial charge in [-0.1, -0.05) is 6.92 Å². The van der Waals surface area contributed by atoms with Crippen molar-refractivity contribution in [2.24, 2.45) is 0 Å². The summed E-state index contributed by atoms with van der Waals surface area (Å²) < 4.78 is 5.28. The highest BCUT2D eigenvalue weighted by Crippen LogP contribution is 1.99. The lowest BCUT2D eigenvalue weighted by atomic mass is 10.2. The molecule has 0 spiro atoms. The first kappa shape index (κ1) is 15.4. The monoisotopic (exact) mass is 192 g/mol. The van der Waals surface area contributed by atoms with Gasteiger partial charge in [0.1, 0.15) is 0 Å². The molecule has 1 unspecified atom stereocenters. The van der Waals surface area contributed by atoms with Gasteiger partial charge in [0.05, 0.1) is 6.10 Å². The lowest BCUT2D eigenvalue weighted by Gasteiger charge is -2.03. The summed E-state index contributed by atoms with van der Waals surface area (Å²) in [6.45, 7) is 5.65. The fourth-order valence-corrected chi connectivity index (χ4v) is 0.890. The number of aliphatic hydroxyl groups excluding tert-OH is 2. The largest absolute Gasteiger partial charge is 0.400 e. The second-order valence-electron chi connectivity index (χ2n) is 2.96. The topological polar surface area (TPSA) is 49.7 Å². The van der Waals surface area contributed by atoms with Crippen LogP contribution in [0, 0.1) is 0 Å². The molecule has 0 saturated heterocycles. The number of ether oxygens (including phenoxy) is 1. The Hall–Kier alpha value is -0.120. The van der Waals surface area contributed by atoms with Crippen LogP contribution in [0.15, 0.2) is 0 Å². The fraction of sp³-hybridized carbons (Fsp3) is 1.00. The van der Waals surface area contributed by atoms with Gasteiger partial charge in [-0.15, -0.1) is 0 Å². The van der Waals surface area contributed by atoms with Crippen molar-refractivity contribution in [1.82, 2.24) is 0 Å². The zero-order valence-corrected chi connectivity index (χ0v) is 9.12. The highest BCUT2D eigenvalue weighted by Gasteiger charge is 1.94. The van der Waals surface area contributed by atoms with Crippen LogP contribution < -0.4 is 0 Å². The molecule has 0 saturated carbocycles. The van der Waals surface area contributed by atoms with Gasteiger partial charge in [0.2, 0.25) is 0 Å². The van der Waals surface area contributed by atoms with Crippen LogP contribution in [0.2, 0.25) is 0 Å². The van der Waals surface area contributed by atoms with Gasteiger partial charge in [-0.05, 0) is 32.6 Å². The predicted octanol–water partition coefficient (Wildman–Crippen LogP) is 1.57. The molecule has 0 bridgehead atoms. The Morgan fingerprint density at radius 1 is 1.15 bits per heavy atom. The number of rotatable bonds is 7. The molecule has 0 heterocycles. The van der Waals surface area contributed by atoms with Crippen LogP contribution in [0.1, 0.15) is 39.5 Å². The Balaban J connectivity index is 0. The van der Waals surface area contributed by atoms with Crippen molar-refractivity contribution in [3.05, 3.63) is 0 Å². The van der Waals surface area contributed by atoms with Crippen molar-refractivity contribution in [2.45, 2.75) is 45.6 Å². The Morgan fingerprint density at radius 2 is 1.77 bits per heavy atom. The maximum absolute atomic E-state index is 8.91. The molecule has 1 atom stereocenters. The smallest absolute Gasteiger partial charge is 0.0512 e. The minimum Gasteiger partial charge on any atom is -0.400 e. The van der Waals surface area contributed by atoms with E-state index in [1.54, 1.807) is 0 Å². The van der Waals surface area contributed by atoms with Crippen molar-refractivity contribution >= 4 is 0 Å². The summed E-state index contributed by atoms with van der Waals surface area (Å²) in [5, 5.41) is 15.9. The summed E-state index contributed by atoms with van der Waals surface area (Å²) in [6, 6.07) is 0. The average molecular weight is 192 g/mol. The molecule has 0 fully saturated rings. The highest BCUT2D eigenvalue weighted by atomic mass is 16.5. The Kier molecular flexibility index (Phi) is 17.0. The quantitative estimate of drug-likeness (QED) is 0.602.